The van der Waals surface area contributed by atoms with E-state index in [-0.39, 0.29) is 24.2 Å². The van der Waals surface area contributed by atoms with Crippen molar-refractivity contribution in [2.75, 3.05) is 5.32 Å². The number of benzene rings is 2. The van der Waals surface area contributed by atoms with Crippen LogP contribution in [-0.4, -0.2) is 25.1 Å². The summed E-state index contributed by atoms with van der Waals surface area (Å²) in [5.74, 6) is -0.694. The lowest BCUT2D eigenvalue weighted by atomic mass is 10.2. The summed E-state index contributed by atoms with van der Waals surface area (Å²) in [7, 11) is 0. The van der Waals surface area contributed by atoms with Gasteiger partial charge in [0.05, 0.1) is 11.3 Å². The van der Waals surface area contributed by atoms with E-state index < -0.39 is 29.0 Å². The molecule has 0 radical (unpaired) electrons. The highest BCUT2D eigenvalue weighted by Crippen LogP contribution is 2.30. The zero-order chi connectivity index (χ0) is 22.9. The molecule has 32 heavy (non-hydrogen) atoms. The lowest BCUT2D eigenvalue weighted by Crippen LogP contribution is -2.20. The third kappa shape index (κ3) is 4.36. The Kier molecular flexibility index (Phi) is 5.47. The Bertz CT molecular complexity index is 1360. The first-order valence-electron chi connectivity index (χ1n) is 9.41. The maximum atomic E-state index is 13.5. The van der Waals surface area contributed by atoms with Crippen molar-refractivity contribution in [3.63, 3.8) is 0 Å². The van der Waals surface area contributed by atoms with Gasteiger partial charge in [-0.25, -0.2) is 4.39 Å². The third-order valence-electron chi connectivity index (χ3n) is 4.68. The Morgan fingerprint density at radius 3 is 2.56 bits per heavy atom. The summed E-state index contributed by atoms with van der Waals surface area (Å²) in [4.78, 5) is 24.9. The summed E-state index contributed by atoms with van der Waals surface area (Å²) in [5.41, 5.74) is -1.06. The van der Waals surface area contributed by atoms with Crippen LogP contribution >= 0.6 is 0 Å². The summed E-state index contributed by atoms with van der Waals surface area (Å²) in [6, 6.07) is 9.81. The van der Waals surface area contributed by atoms with Gasteiger partial charge in [-0.2, -0.15) is 13.2 Å². The molecule has 7 nitrogen and oxygen atoms in total. The van der Waals surface area contributed by atoms with E-state index in [1.165, 1.54) is 51.7 Å². The zero-order valence-electron chi connectivity index (χ0n) is 16.3. The highest BCUT2D eigenvalue weighted by molar-refractivity contribution is 5.90. The molecule has 0 saturated heterocycles. The zero-order valence-corrected chi connectivity index (χ0v) is 16.3. The molecule has 2 aromatic heterocycles. The molecule has 0 saturated carbocycles. The molecule has 11 heteroatoms. The topological polar surface area (TPSA) is 81.3 Å². The van der Waals surface area contributed by atoms with Gasteiger partial charge in [0, 0.05) is 30.9 Å². The van der Waals surface area contributed by atoms with Gasteiger partial charge in [-0.3, -0.25) is 18.6 Å². The second-order valence-electron chi connectivity index (χ2n) is 6.89. The molecule has 0 spiro atoms. The van der Waals surface area contributed by atoms with Crippen LogP contribution in [0.2, 0.25) is 0 Å². The minimum Gasteiger partial charge on any atom is -0.326 e. The van der Waals surface area contributed by atoms with Crippen LogP contribution < -0.4 is 10.9 Å². The first-order valence-corrected chi connectivity index (χ1v) is 9.41. The van der Waals surface area contributed by atoms with Crippen LogP contribution in [0.25, 0.3) is 11.3 Å². The molecule has 0 unspecified atom stereocenters. The lowest BCUT2D eigenvalue weighted by Gasteiger charge is -2.10. The summed E-state index contributed by atoms with van der Waals surface area (Å²) < 4.78 is 54.5. The number of amides is 1. The molecule has 4 aromatic rings. The number of aromatic nitrogens is 4. The van der Waals surface area contributed by atoms with Crippen molar-refractivity contribution in [2.45, 2.75) is 19.0 Å². The minimum absolute atomic E-state index is 0.00922. The molecule has 164 valence electrons. The van der Waals surface area contributed by atoms with E-state index in [4.69, 9.17) is 0 Å². The fraction of sp³-hybridized carbons (Fsp3) is 0.143. The van der Waals surface area contributed by atoms with E-state index in [2.05, 4.69) is 15.5 Å². The van der Waals surface area contributed by atoms with Crippen LogP contribution in [0.4, 0.5) is 23.2 Å². The monoisotopic (exact) mass is 445 g/mol. The summed E-state index contributed by atoms with van der Waals surface area (Å²) >= 11 is 0. The molecular weight excluding hydrogens is 430 g/mol. The first-order chi connectivity index (χ1) is 15.2. The molecule has 4 rings (SSSR count). The van der Waals surface area contributed by atoms with Crippen molar-refractivity contribution in [2.24, 2.45) is 0 Å². The van der Waals surface area contributed by atoms with E-state index in [9.17, 15) is 27.2 Å². The Morgan fingerprint density at radius 2 is 1.81 bits per heavy atom. The first kappa shape index (κ1) is 21.2. The van der Waals surface area contributed by atoms with E-state index >= 15 is 0 Å². The number of halogens is 4. The maximum absolute atomic E-state index is 13.5. The number of fused-ring (bicyclic) bond motifs is 1. The van der Waals surface area contributed by atoms with Crippen LogP contribution in [-0.2, 0) is 17.4 Å². The van der Waals surface area contributed by atoms with Crippen molar-refractivity contribution < 1.29 is 22.4 Å². The predicted octanol–water partition coefficient (Wildman–Crippen LogP) is 3.61. The number of aryl methyl sites for hydroxylation is 1. The minimum atomic E-state index is -4.51. The Labute approximate surface area is 177 Å². The lowest BCUT2D eigenvalue weighted by molar-refractivity contribution is -0.137. The molecule has 0 fully saturated rings. The average Bonchev–Trinajstić information content (AvgIpc) is 3.16. The Morgan fingerprint density at radius 1 is 1.03 bits per heavy atom. The standard InChI is InChI=1S/C21H15F4N5O2/c22-14-4-2-6-16(12-14)29-9-10-30-17(27-28-19(30)20(29)32)7-8-18(31)26-15-5-1-3-13(11-15)21(23,24)25/h1-6,9-12H,7-8H2,(H,26,31). The number of nitrogens with one attached hydrogen (secondary N) is 1. The van der Waals surface area contributed by atoms with Gasteiger partial charge in [-0.1, -0.05) is 12.1 Å². The van der Waals surface area contributed by atoms with Gasteiger partial charge in [-0.05, 0) is 36.4 Å². The van der Waals surface area contributed by atoms with E-state index in [1.807, 2.05) is 0 Å². The van der Waals surface area contributed by atoms with E-state index in [1.54, 1.807) is 6.07 Å². The largest absolute Gasteiger partial charge is 0.416 e. The smallest absolute Gasteiger partial charge is 0.326 e. The normalized spacial score (nSPS) is 11.6. The van der Waals surface area contributed by atoms with Crippen LogP contribution in [0.3, 0.4) is 0 Å². The highest BCUT2D eigenvalue weighted by Gasteiger charge is 2.30. The molecule has 0 atom stereocenters. The van der Waals surface area contributed by atoms with Crippen LogP contribution in [0, 0.1) is 5.82 Å². The van der Waals surface area contributed by atoms with Gasteiger partial charge < -0.3 is 5.32 Å². The van der Waals surface area contributed by atoms with Gasteiger partial charge in [0.2, 0.25) is 11.6 Å². The van der Waals surface area contributed by atoms with Crippen molar-refractivity contribution in [3.8, 4) is 5.69 Å². The second-order valence-corrected chi connectivity index (χ2v) is 6.89. The van der Waals surface area contributed by atoms with Crippen molar-refractivity contribution in [3.05, 3.63) is 88.5 Å². The van der Waals surface area contributed by atoms with Gasteiger partial charge in [0.1, 0.15) is 11.6 Å². The molecule has 0 aliphatic rings. The van der Waals surface area contributed by atoms with Gasteiger partial charge in [0.15, 0.2) is 0 Å². The van der Waals surface area contributed by atoms with Crippen LogP contribution in [0.15, 0.2) is 65.7 Å². The average molecular weight is 445 g/mol. The SMILES string of the molecule is O=C(CCc1nnc2c(=O)n(-c3cccc(F)c3)ccn12)Nc1cccc(C(F)(F)F)c1. The highest BCUT2D eigenvalue weighted by atomic mass is 19.4. The molecule has 0 aliphatic heterocycles. The third-order valence-corrected chi connectivity index (χ3v) is 4.68. The number of carbonyl (C=O) groups excluding carboxylic acids is 1. The number of rotatable bonds is 5. The van der Waals surface area contributed by atoms with E-state index in [0.29, 0.717) is 11.5 Å². The van der Waals surface area contributed by atoms with Gasteiger partial charge in [-0.15, -0.1) is 10.2 Å². The van der Waals surface area contributed by atoms with Crippen LogP contribution in [0.1, 0.15) is 17.8 Å². The number of anilines is 1. The Hall–Kier alpha value is -4.02. The molecular formula is C21H15F4N5O2. The van der Waals surface area contributed by atoms with Crippen LogP contribution in [0.5, 0.6) is 0 Å². The molecule has 1 amide bonds. The second kappa shape index (κ2) is 8.25. The van der Waals surface area contributed by atoms with Gasteiger partial charge >= 0.3 is 11.7 Å². The maximum Gasteiger partial charge on any atom is 0.416 e. The van der Waals surface area contributed by atoms with E-state index in [0.717, 1.165) is 12.1 Å². The van der Waals surface area contributed by atoms with Crippen molar-refractivity contribution in [1.82, 2.24) is 19.2 Å². The summed E-state index contributed by atoms with van der Waals surface area (Å²) in [6.07, 6.45) is -1.57. The van der Waals surface area contributed by atoms with Crippen molar-refractivity contribution >= 4 is 17.2 Å². The fourth-order valence-electron chi connectivity index (χ4n) is 3.16. The summed E-state index contributed by atoms with van der Waals surface area (Å²) in [5, 5.41) is 10.2. The Balaban J connectivity index is 1.49. The predicted molar refractivity (Wildman–Crippen MR) is 107 cm³/mol. The number of hydrogen-bond acceptors (Lipinski definition) is 4. The number of carbonyl (C=O) groups is 1. The van der Waals surface area contributed by atoms with Crippen molar-refractivity contribution in [1.29, 1.82) is 0 Å². The number of hydrogen-bond donors (Lipinski definition) is 1. The molecule has 2 heterocycles. The summed E-state index contributed by atoms with van der Waals surface area (Å²) in [6.45, 7) is 0. The molecule has 2 aromatic carbocycles. The fourth-order valence-corrected chi connectivity index (χ4v) is 3.16. The molecule has 0 aliphatic carbocycles. The molecule has 0 bridgehead atoms. The quantitative estimate of drug-likeness (QED) is 0.476. The number of nitrogens with zero attached hydrogens (tertiary/aromatic N) is 4. The molecule has 1 N–H and O–H groups in total. The number of alkyl halides is 3. The van der Waals surface area contributed by atoms with Gasteiger partial charge in [0.25, 0.3) is 0 Å².